The summed E-state index contributed by atoms with van der Waals surface area (Å²) in [5.41, 5.74) is 2.03. The highest BCUT2D eigenvalue weighted by molar-refractivity contribution is 5.82. The third-order valence-corrected chi connectivity index (χ3v) is 4.91. The molecule has 1 aliphatic heterocycles. The zero-order valence-electron chi connectivity index (χ0n) is 18.6. The predicted octanol–water partition coefficient (Wildman–Crippen LogP) is 5.52. The molecule has 0 aromatic heterocycles. The molecule has 0 aliphatic carbocycles. The zero-order valence-corrected chi connectivity index (χ0v) is 18.6. The van der Waals surface area contributed by atoms with E-state index in [4.69, 9.17) is 14.6 Å². The summed E-state index contributed by atoms with van der Waals surface area (Å²) in [5.74, 6) is 0.892. The molecule has 1 fully saturated rings. The van der Waals surface area contributed by atoms with E-state index in [1.54, 1.807) is 37.5 Å². The van der Waals surface area contributed by atoms with Gasteiger partial charge in [-0.15, -0.1) is 0 Å². The van der Waals surface area contributed by atoms with E-state index in [2.05, 4.69) is 19.9 Å². The number of aliphatic hydroxyl groups excluding tert-OH is 1. The van der Waals surface area contributed by atoms with Crippen LogP contribution in [0.4, 0.5) is 0 Å². The van der Waals surface area contributed by atoms with E-state index in [9.17, 15) is 9.90 Å². The lowest BCUT2D eigenvalue weighted by atomic mass is 9.86. The lowest BCUT2D eigenvalue weighted by Gasteiger charge is -2.26. The van der Waals surface area contributed by atoms with E-state index >= 15 is 0 Å². The summed E-state index contributed by atoms with van der Waals surface area (Å²) < 4.78 is 10.5. The zero-order chi connectivity index (χ0) is 22.0. The molecule has 5 nitrogen and oxygen atoms in total. The molecular weight excluding hydrogens is 368 g/mol. The number of phenols is 1. The van der Waals surface area contributed by atoms with Crippen molar-refractivity contribution in [3.8, 4) is 5.75 Å². The molecule has 2 rings (SSSR count). The number of carbonyl (C=O) groups is 1. The average molecular weight is 405 g/mol. The van der Waals surface area contributed by atoms with Gasteiger partial charge in [0.25, 0.3) is 0 Å². The van der Waals surface area contributed by atoms with Crippen LogP contribution in [0.3, 0.4) is 0 Å². The predicted molar refractivity (Wildman–Crippen MR) is 116 cm³/mol. The van der Waals surface area contributed by atoms with E-state index in [-0.39, 0.29) is 29.0 Å². The highest BCUT2D eigenvalue weighted by Gasteiger charge is 2.27. The third kappa shape index (κ3) is 8.84. The van der Waals surface area contributed by atoms with Crippen molar-refractivity contribution in [1.29, 1.82) is 0 Å². The number of aromatic hydroxyl groups is 1. The number of rotatable bonds is 6. The van der Waals surface area contributed by atoms with Crippen LogP contribution >= 0.6 is 0 Å². The molecule has 0 spiro atoms. The summed E-state index contributed by atoms with van der Waals surface area (Å²) in [6, 6.07) is 6.81. The molecule has 5 heteroatoms. The van der Waals surface area contributed by atoms with Crippen LogP contribution in [-0.2, 0) is 14.3 Å². The molecule has 0 radical (unpaired) electrons. The van der Waals surface area contributed by atoms with Crippen LogP contribution in [-0.4, -0.2) is 36.3 Å². The Morgan fingerprint density at radius 1 is 1.24 bits per heavy atom. The number of ether oxygens (including phenoxy) is 2. The van der Waals surface area contributed by atoms with Gasteiger partial charge < -0.3 is 19.7 Å². The Hall–Kier alpha value is -2.11. The fraction of sp³-hybridized carbons (Fsp3) is 0.542. The number of carbonyl (C=O) groups excluding carboxylic acids is 1. The normalized spacial score (nSPS) is 19.9. The van der Waals surface area contributed by atoms with Gasteiger partial charge in [0.05, 0.1) is 25.1 Å². The maximum Gasteiger partial charge on any atom is 0.140 e. The highest BCUT2D eigenvalue weighted by Crippen LogP contribution is 2.30. The molecule has 2 atom stereocenters. The number of hydrogen-bond donors (Lipinski definition) is 2. The molecule has 1 saturated heterocycles. The van der Waals surface area contributed by atoms with Crippen LogP contribution in [0, 0.1) is 11.3 Å². The van der Waals surface area contributed by atoms with E-state index in [0.29, 0.717) is 25.4 Å². The van der Waals surface area contributed by atoms with Gasteiger partial charge in [0, 0.05) is 24.9 Å². The Balaban J connectivity index is 0.000000291. The van der Waals surface area contributed by atoms with Crippen molar-refractivity contribution in [2.45, 2.75) is 53.6 Å². The summed E-state index contributed by atoms with van der Waals surface area (Å²) in [6.45, 7) is 11.0. The van der Waals surface area contributed by atoms with Gasteiger partial charge in [0.2, 0.25) is 0 Å². The number of benzene rings is 1. The molecule has 1 heterocycles. The van der Waals surface area contributed by atoms with Crippen LogP contribution in [0.2, 0.25) is 0 Å². The Kier molecular flexibility index (Phi) is 10.1. The maximum atomic E-state index is 11.5. The summed E-state index contributed by atoms with van der Waals surface area (Å²) in [5, 5.41) is 18.9. The number of Topliss-reactive ketones (excluding diaryl/α,β-unsaturated/α-hetero) is 1. The quantitative estimate of drug-likeness (QED) is 0.482. The topological polar surface area (TPSA) is 76.0 Å². The fourth-order valence-electron chi connectivity index (χ4n) is 2.70. The standard InChI is InChI=1S/C12H14O3.C12H22O2/c1-8-7-15-12(6-11(8)14)9-2-4-10(13)5-3-9;1-10(2)6-8-12(3,4)11(13)7-9-14-5/h2-5,8,12-13H,6-7H2,1H3;6-7,13H,8-9H2,1-5H3/b;11-7+. The molecule has 2 unspecified atom stereocenters. The van der Waals surface area contributed by atoms with Gasteiger partial charge in [-0.1, -0.05) is 44.6 Å². The first-order valence-corrected chi connectivity index (χ1v) is 10.0. The Bertz CT molecular complexity index is 696. The van der Waals surface area contributed by atoms with Crippen LogP contribution in [0.5, 0.6) is 5.75 Å². The second-order valence-corrected chi connectivity index (χ2v) is 8.40. The lowest BCUT2D eigenvalue weighted by Crippen LogP contribution is -2.27. The number of hydrogen-bond acceptors (Lipinski definition) is 5. The molecule has 1 aromatic rings. The summed E-state index contributed by atoms with van der Waals surface area (Å²) in [6.07, 6.45) is 5.00. The van der Waals surface area contributed by atoms with Crippen molar-refractivity contribution in [2.24, 2.45) is 11.3 Å². The summed E-state index contributed by atoms with van der Waals surface area (Å²) in [7, 11) is 1.62. The van der Waals surface area contributed by atoms with Crippen molar-refractivity contribution in [3.05, 3.63) is 53.3 Å². The first-order valence-electron chi connectivity index (χ1n) is 10.0. The Labute approximate surface area is 175 Å². The van der Waals surface area contributed by atoms with Gasteiger partial charge in [-0.05, 0) is 44.0 Å². The van der Waals surface area contributed by atoms with Crippen molar-refractivity contribution in [3.63, 3.8) is 0 Å². The van der Waals surface area contributed by atoms with Gasteiger partial charge >= 0.3 is 0 Å². The molecule has 2 N–H and O–H groups in total. The number of aliphatic hydroxyl groups is 1. The monoisotopic (exact) mass is 404 g/mol. The number of phenolic OH excluding ortho intramolecular Hbond substituents is 1. The van der Waals surface area contributed by atoms with Gasteiger partial charge in [0.15, 0.2) is 0 Å². The van der Waals surface area contributed by atoms with Gasteiger partial charge in [-0.2, -0.15) is 0 Å². The largest absolute Gasteiger partial charge is 0.512 e. The van der Waals surface area contributed by atoms with Crippen LogP contribution in [0.15, 0.2) is 47.7 Å². The third-order valence-electron chi connectivity index (χ3n) is 4.91. The molecule has 0 bridgehead atoms. The molecule has 29 heavy (non-hydrogen) atoms. The molecule has 1 aliphatic rings. The molecule has 1 aromatic carbocycles. The SMILES string of the molecule is CC1COC(c2ccc(O)cc2)CC1=O.COC/C=C(/O)C(C)(C)CC=C(C)C. The first kappa shape index (κ1) is 24.9. The minimum absolute atomic E-state index is 0.0124. The minimum atomic E-state index is -0.199. The van der Waals surface area contributed by atoms with E-state index in [0.717, 1.165) is 12.0 Å². The van der Waals surface area contributed by atoms with Crippen molar-refractivity contribution < 1.29 is 24.5 Å². The van der Waals surface area contributed by atoms with Gasteiger partial charge in [-0.3, -0.25) is 4.79 Å². The van der Waals surface area contributed by atoms with Crippen molar-refractivity contribution >= 4 is 5.78 Å². The van der Waals surface area contributed by atoms with E-state index in [1.165, 1.54) is 5.57 Å². The average Bonchev–Trinajstić information content (AvgIpc) is 2.68. The number of allylic oxidation sites excluding steroid dienone is 3. The summed E-state index contributed by atoms with van der Waals surface area (Å²) in [4.78, 5) is 11.5. The molecule has 162 valence electrons. The number of methoxy groups -OCH3 is 1. The van der Waals surface area contributed by atoms with Crippen LogP contribution in [0.25, 0.3) is 0 Å². The second-order valence-electron chi connectivity index (χ2n) is 8.40. The Morgan fingerprint density at radius 2 is 1.86 bits per heavy atom. The maximum absolute atomic E-state index is 11.5. The fourth-order valence-corrected chi connectivity index (χ4v) is 2.70. The molecule has 0 saturated carbocycles. The first-order chi connectivity index (χ1) is 13.6. The van der Waals surface area contributed by atoms with E-state index < -0.39 is 0 Å². The van der Waals surface area contributed by atoms with Crippen molar-refractivity contribution in [1.82, 2.24) is 0 Å². The second kappa shape index (κ2) is 11.8. The van der Waals surface area contributed by atoms with Gasteiger partial charge in [0.1, 0.15) is 11.5 Å². The lowest BCUT2D eigenvalue weighted by molar-refractivity contribution is -0.134. The van der Waals surface area contributed by atoms with Gasteiger partial charge in [-0.25, -0.2) is 0 Å². The summed E-state index contributed by atoms with van der Waals surface area (Å²) >= 11 is 0. The van der Waals surface area contributed by atoms with Crippen LogP contribution < -0.4 is 0 Å². The molecular formula is C24H36O5. The molecule has 0 amide bonds. The van der Waals surface area contributed by atoms with Crippen molar-refractivity contribution in [2.75, 3.05) is 20.3 Å². The smallest absolute Gasteiger partial charge is 0.140 e. The Morgan fingerprint density at radius 3 is 2.38 bits per heavy atom. The van der Waals surface area contributed by atoms with E-state index in [1.807, 2.05) is 20.8 Å². The minimum Gasteiger partial charge on any atom is -0.512 e. The van der Waals surface area contributed by atoms with Crippen LogP contribution in [0.1, 0.15) is 59.1 Å². The highest BCUT2D eigenvalue weighted by atomic mass is 16.5. The number of ketones is 1.